The van der Waals surface area contributed by atoms with Crippen molar-refractivity contribution < 1.29 is 19.0 Å². The maximum absolute atomic E-state index is 13.2. The van der Waals surface area contributed by atoms with Crippen LogP contribution in [0.3, 0.4) is 0 Å². The zero-order valence-electron chi connectivity index (χ0n) is 10.3. The third kappa shape index (κ3) is 3.49. The number of ether oxygens (including phenoxy) is 2. The topological polar surface area (TPSA) is 64.7 Å². The largest absolute Gasteiger partial charge is 0.379 e. The van der Waals surface area contributed by atoms with Crippen LogP contribution in [0.25, 0.3) is 0 Å². The fourth-order valence-electron chi connectivity index (χ4n) is 1.74. The van der Waals surface area contributed by atoms with Crippen LogP contribution < -0.4 is 5.73 Å². The number of halogens is 2. The summed E-state index contributed by atoms with van der Waals surface area (Å²) in [7, 11) is 2.98. The zero-order chi connectivity index (χ0) is 13.8. The highest BCUT2D eigenvalue weighted by molar-refractivity contribution is 9.10. The van der Waals surface area contributed by atoms with E-state index in [-0.39, 0.29) is 5.82 Å². The molecule has 102 valence electrons. The smallest absolute Gasteiger partial charge is 0.194 e. The number of benzene rings is 1. The SMILES string of the molecule is COC(CCC(N)O)(OC)c1ccc(F)c(Br)c1. The average Bonchev–Trinajstić information content (AvgIpc) is 2.35. The van der Waals surface area contributed by atoms with Gasteiger partial charge in [-0.2, -0.15) is 0 Å². The average molecular weight is 322 g/mol. The first-order valence-corrected chi connectivity index (χ1v) is 6.24. The molecule has 18 heavy (non-hydrogen) atoms. The molecule has 1 rings (SSSR count). The van der Waals surface area contributed by atoms with Gasteiger partial charge in [0.05, 0.1) is 4.47 Å². The van der Waals surface area contributed by atoms with Gasteiger partial charge in [-0.15, -0.1) is 0 Å². The van der Waals surface area contributed by atoms with Gasteiger partial charge in [-0.05, 0) is 34.5 Å². The third-order valence-electron chi connectivity index (χ3n) is 2.79. The van der Waals surface area contributed by atoms with Crippen LogP contribution in [0.1, 0.15) is 18.4 Å². The molecule has 0 saturated heterocycles. The molecule has 1 atom stereocenters. The molecule has 1 aromatic carbocycles. The number of hydrogen-bond donors (Lipinski definition) is 2. The Morgan fingerprint density at radius 3 is 2.50 bits per heavy atom. The summed E-state index contributed by atoms with van der Waals surface area (Å²) >= 11 is 3.12. The van der Waals surface area contributed by atoms with Gasteiger partial charge in [0, 0.05) is 26.2 Å². The quantitative estimate of drug-likeness (QED) is 0.787. The van der Waals surface area contributed by atoms with Crippen LogP contribution in [0.2, 0.25) is 0 Å². The van der Waals surface area contributed by atoms with E-state index in [2.05, 4.69) is 15.9 Å². The van der Waals surface area contributed by atoms with Gasteiger partial charge in [-0.25, -0.2) is 4.39 Å². The monoisotopic (exact) mass is 321 g/mol. The second-order valence-electron chi connectivity index (χ2n) is 3.90. The summed E-state index contributed by atoms with van der Waals surface area (Å²) in [5, 5.41) is 9.15. The first-order chi connectivity index (χ1) is 8.45. The van der Waals surface area contributed by atoms with E-state index in [4.69, 9.17) is 20.3 Å². The van der Waals surface area contributed by atoms with Crippen molar-refractivity contribution in [3.63, 3.8) is 0 Å². The van der Waals surface area contributed by atoms with E-state index in [1.54, 1.807) is 12.1 Å². The summed E-state index contributed by atoms with van der Waals surface area (Å²) in [6.07, 6.45) is -0.287. The van der Waals surface area contributed by atoms with Gasteiger partial charge < -0.3 is 20.3 Å². The van der Waals surface area contributed by atoms with Crippen molar-refractivity contribution in [2.45, 2.75) is 24.9 Å². The number of rotatable bonds is 6. The highest BCUT2D eigenvalue weighted by atomic mass is 79.9. The van der Waals surface area contributed by atoms with Crippen molar-refractivity contribution in [2.24, 2.45) is 5.73 Å². The zero-order valence-corrected chi connectivity index (χ0v) is 11.9. The lowest BCUT2D eigenvalue weighted by Crippen LogP contribution is -2.33. The molecule has 1 aromatic rings. The van der Waals surface area contributed by atoms with Crippen LogP contribution in [0.4, 0.5) is 4.39 Å². The minimum absolute atomic E-state index is 0.302. The van der Waals surface area contributed by atoms with Crippen LogP contribution in [0.15, 0.2) is 22.7 Å². The van der Waals surface area contributed by atoms with Crippen molar-refractivity contribution in [3.05, 3.63) is 34.1 Å². The Kier molecular flexibility index (Phi) is 5.68. The van der Waals surface area contributed by atoms with Crippen molar-refractivity contribution >= 4 is 15.9 Å². The molecule has 0 heterocycles. The van der Waals surface area contributed by atoms with E-state index in [0.717, 1.165) is 0 Å². The lowest BCUT2D eigenvalue weighted by molar-refractivity contribution is -0.223. The molecule has 0 saturated carbocycles. The van der Waals surface area contributed by atoms with Gasteiger partial charge in [0.1, 0.15) is 12.0 Å². The fraction of sp³-hybridized carbons (Fsp3) is 0.500. The van der Waals surface area contributed by atoms with Crippen molar-refractivity contribution in [1.82, 2.24) is 0 Å². The third-order valence-corrected chi connectivity index (χ3v) is 3.40. The molecule has 0 bridgehead atoms. The highest BCUT2D eigenvalue weighted by Crippen LogP contribution is 2.33. The standard InChI is InChI=1S/C12H17BrFNO3/c1-17-12(18-2,6-5-11(15)16)8-3-4-10(14)9(13)7-8/h3-4,7,11,16H,5-6,15H2,1-2H3. The van der Waals surface area contributed by atoms with E-state index in [0.29, 0.717) is 22.9 Å². The van der Waals surface area contributed by atoms with Crippen LogP contribution in [0, 0.1) is 5.82 Å². The van der Waals surface area contributed by atoms with Crippen LogP contribution >= 0.6 is 15.9 Å². The summed E-state index contributed by atoms with van der Waals surface area (Å²) in [6, 6.07) is 4.49. The number of aliphatic hydroxyl groups is 1. The van der Waals surface area contributed by atoms with Crippen LogP contribution in [-0.4, -0.2) is 25.6 Å². The normalized spacial score (nSPS) is 13.7. The number of methoxy groups -OCH3 is 2. The number of nitrogens with two attached hydrogens (primary N) is 1. The second-order valence-corrected chi connectivity index (χ2v) is 4.75. The molecular formula is C12H17BrFNO3. The molecule has 0 radical (unpaired) electrons. The Morgan fingerprint density at radius 2 is 2.06 bits per heavy atom. The minimum Gasteiger partial charge on any atom is -0.379 e. The molecule has 0 aromatic heterocycles. The summed E-state index contributed by atoms with van der Waals surface area (Å²) < 4.78 is 24.3. The van der Waals surface area contributed by atoms with Gasteiger partial charge in [0.15, 0.2) is 5.79 Å². The van der Waals surface area contributed by atoms with Crippen molar-refractivity contribution in [3.8, 4) is 0 Å². The number of aliphatic hydroxyl groups excluding tert-OH is 1. The molecule has 0 aliphatic carbocycles. The summed E-state index contributed by atoms with van der Waals surface area (Å²) in [4.78, 5) is 0. The summed E-state index contributed by atoms with van der Waals surface area (Å²) in [6.45, 7) is 0. The van der Waals surface area contributed by atoms with Gasteiger partial charge in [0.25, 0.3) is 0 Å². The Labute approximate surface area is 114 Å². The van der Waals surface area contributed by atoms with E-state index in [9.17, 15) is 4.39 Å². The fourth-order valence-corrected chi connectivity index (χ4v) is 2.12. The van der Waals surface area contributed by atoms with Gasteiger partial charge in [-0.3, -0.25) is 0 Å². The number of hydrogen-bond acceptors (Lipinski definition) is 4. The van der Waals surface area contributed by atoms with E-state index in [1.807, 2.05) is 0 Å². The van der Waals surface area contributed by atoms with E-state index in [1.165, 1.54) is 20.3 Å². The molecule has 0 aliphatic heterocycles. The first kappa shape index (κ1) is 15.5. The predicted molar refractivity (Wildman–Crippen MR) is 69.2 cm³/mol. The van der Waals surface area contributed by atoms with Crippen molar-refractivity contribution in [2.75, 3.05) is 14.2 Å². The maximum Gasteiger partial charge on any atom is 0.194 e. The predicted octanol–water partition coefficient (Wildman–Crippen LogP) is 2.09. The molecular weight excluding hydrogens is 305 g/mol. The van der Waals surface area contributed by atoms with Crippen LogP contribution in [0.5, 0.6) is 0 Å². The highest BCUT2D eigenvalue weighted by Gasteiger charge is 2.32. The maximum atomic E-state index is 13.2. The van der Waals surface area contributed by atoms with Crippen molar-refractivity contribution in [1.29, 1.82) is 0 Å². The lowest BCUT2D eigenvalue weighted by Gasteiger charge is -2.32. The van der Waals surface area contributed by atoms with Gasteiger partial charge in [0.2, 0.25) is 0 Å². The Hall–Kier alpha value is -0.530. The first-order valence-electron chi connectivity index (χ1n) is 5.44. The summed E-state index contributed by atoms with van der Waals surface area (Å²) in [5.74, 6) is -1.41. The molecule has 4 nitrogen and oxygen atoms in total. The van der Waals surface area contributed by atoms with E-state index >= 15 is 0 Å². The van der Waals surface area contributed by atoms with Gasteiger partial charge in [-0.1, -0.05) is 6.07 Å². The van der Waals surface area contributed by atoms with Gasteiger partial charge >= 0.3 is 0 Å². The Bertz CT molecular complexity index is 397. The molecule has 1 unspecified atom stereocenters. The molecule has 3 N–H and O–H groups in total. The molecule has 0 aliphatic rings. The molecule has 6 heteroatoms. The Morgan fingerprint density at radius 1 is 1.44 bits per heavy atom. The lowest BCUT2D eigenvalue weighted by atomic mass is 10.00. The molecule has 0 amide bonds. The molecule has 0 fully saturated rings. The Balaban J connectivity index is 3.05. The van der Waals surface area contributed by atoms with E-state index < -0.39 is 12.0 Å². The van der Waals surface area contributed by atoms with Crippen LogP contribution in [-0.2, 0) is 15.3 Å². The summed E-state index contributed by atoms with van der Waals surface area (Å²) in [5.41, 5.74) is 5.97. The second kappa shape index (κ2) is 6.58. The molecule has 0 spiro atoms. The minimum atomic E-state index is -1.05.